The van der Waals surface area contributed by atoms with E-state index in [1.807, 2.05) is 24.3 Å². The maximum Gasteiger partial charge on any atom is 0.316 e. The van der Waals surface area contributed by atoms with Gasteiger partial charge in [-0.05, 0) is 31.0 Å². The molecule has 0 saturated heterocycles. The number of aliphatic carboxylic acids is 1. The number of benzene rings is 1. The first kappa shape index (κ1) is 16.4. The molecule has 0 radical (unpaired) electrons. The van der Waals surface area contributed by atoms with Crippen molar-refractivity contribution in [1.29, 1.82) is 0 Å². The van der Waals surface area contributed by atoms with Crippen molar-refractivity contribution in [2.75, 3.05) is 19.4 Å². The van der Waals surface area contributed by atoms with Crippen LogP contribution in [0.3, 0.4) is 0 Å². The molecule has 0 aliphatic carbocycles. The van der Waals surface area contributed by atoms with Crippen LogP contribution >= 0.6 is 11.8 Å². The Labute approximate surface area is 122 Å². The van der Waals surface area contributed by atoms with Gasteiger partial charge in [0.15, 0.2) is 0 Å². The molecule has 1 amide bonds. The Morgan fingerprint density at radius 3 is 2.55 bits per heavy atom. The van der Waals surface area contributed by atoms with Crippen LogP contribution in [0.15, 0.2) is 24.3 Å². The lowest BCUT2D eigenvalue weighted by Crippen LogP contribution is -2.28. The topological polar surface area (TPSA) is 75.6 Å². The van der Waals surface area contributed by atoms with Gasteiger partial charge in [-0.25, -0.2) is 0 Å². The van der Waals surface area contributed by atoms with Gasteiger partial charge in [-0.2, -0.15) is 0 Å². The molecule has 0 unspecified atom stereocenters. The highest BCUT2D eigenvalue weighted by molar-refractivity contribution is 8.01. The quantitative estimate of drug-likeness (QED) is 0.761. The summed E-state index contributed by atoms with van der Waals surface area (Å²) in [6.45, 7) is 2.10. The minimum Gasteiger partial charge on any atom is -0.497 e. The average Bonchev–Trinajstić information content (AvgIpc) is 2.45. The van der Waals surface area contributed by atoms with E-state index in [0.717, 1.165) is 29.5 Å². The zero-order chi connectivity index (χ0) is 15.0. The van der Waals surface area contributed by atoms with Gasteiger partial charge in [0.25, 0.3) is 0 Å². The molecular formula is C14H19NO4S. The molecule has 20 heavy (non-hydrogen) atoms. The van der Waals surface area contributed by atoms with E-state index in [0.29, 0.717) is 6.54 Å². The standard InChI is InChI=1S/C14H19NO4S/c1-10(14(17)18)20-9-13(16)15-8-7-11-3-5-12(19-2)6-4-11/h3-6,10H,7-9H2,1-2H3,(H,15,16)(H,17,18)/t10-/m1/s1. The van der Waals surface area contributed by atoms with Crippen LogP contribution in [0.5, 0.6) is 5.75 Å². The maximum absolute atomic E-state index is 11.5. The van der Waals surface area contributed by atoms with Crippen LogP contribution in [0.1, 0.15) is 12.5 Å². The van der Waals surface area contributed by atoms with Crippen LogP contribution < -0.4 is 10.1 Å². The fraction of sp³-hybridized carbons (Fsp3) is 0.429. The minimum atomic E-state index is -0.902. The summed E-state index contributed by atoms with van der Waals surface area (Å²) in [6.07, 6.45) is 0.731. The van der Waals surface area contributed by atoms with E-state index in [1.54, 1.807) is 14.0 Å². The molecule has 5 nitrogen and oxygen atoms in total. The van der Waals surface area contributed by atoms with Gasteiger partial charge in [0.05, 0.1) is 18.1 Å². The van der Waals surface area contributed by atoms with E-state index >= 15 is 0 Å². The number of nitrogens with one attached hydrogen (secondary N) is 1. The largest absolute Gasteiger partial charge is 0.497 e. The Balaban J connectivity index is 2.22. The molecular weight excluding hydrogens is 278 g/mol. The Morgan fingerprint density at radius 2 is 2.00 bits per heavy atom. The zero-order valence-electron chi connectivity index (χ0n) is 11.6. The third-order valence-corrected chi connectivity index (χ3v) is 3.84. The molecule has 1 aromatic rings. The Kier molecular flexibility index (Phi) is 6.93. The van der Waals surface area contributed by atoms with Crippen LogP contribution in [-0.4, -0.2) is 41.6 Å². The van der Waals surface area contributed by atoms with Crippen molar-refractivity contribution in [2.45, 2.75) is 18.6 Å². The van der Waals surface area contributed by atoms with Crippen LogP contribution in [0, 0.1) is 0 Å². The predicted octanol–water partition coefficient (Wildman–Crippen LogP) is 1.56. The van der Waals surface area contributed by atoms with Gasteiger partial charge in [0.2, 0.25) is 5.91 Å². The molecule has 0 aromatic heterocycles. The van der Waals surface area contributed by atoms with Crippen molar-refractivity contribution >= 4 is 23.6 Å². The molecule has 0 bridgehead atoms. The SMILES string of the molecule is COc1ccc(CCNC(=O)CS[C@H](C)C(=O)O)cc1. The number of carboxylic acids is 1. The van der Waals surface area contributed by atoms with Crippen molar-refractivity contribution < 1.29 is 19.4 Å². The Hall–Kier alpha value is -1.69. The first-order valence-electron chi connectivity index (χ1n) is 6.27. The van der Waals surface area contributed by atoms with E-state index in [2.05, 4.69) is 5.32 Å². The summed E-state index contributed by atoms with van der Waals surface area (Å²) in [5.74, 6) is -0.0784. The maximum atomic E-state index is 11.5. The molecule has 1 atom stereocenters. The highest BCUT2D eigenvalue weighted by atomic mass is 32.2. The van der Waals surface area contributed by atoms with Crippen molar-refractivity contribution in [3.8, 4) is 5.75 Å². The lowest BCUT2D eigenvalue weighted by atomic mass is 10.1. The zero-order valence-corrected chi connectivity index (χ0v) is 12.4. The number of amides is 1. The van der Waals surface area contributed by atoms with Gasteiger partial charge >= 0.3 is 5.97 Å². The third-order valence-electron chi connectivity index (χ3n) is 2.71. The molecule has 6 heteroatoms. The second-order valence-corrected chi connectivity index (χ2v) is 5.57. The number of carboxylic acid groups (broad SMARTS) is 1. The predicted molar refractivity (Wildman–Crippen MR) is 79.3 cm³/mol. The second kappa shape index (κ2) is 8.47. The molecule has 0 aliphatic heterocycles. The number of thioether (sulfide) groups is 1. The molecule has 1 rings (SSSR count). The summed E-state index contributed by atoms with van der Waals surface area (Å²) in [5, 5.41) is 10.9. The van der Waals surface area contributed by atoms with Gasteiger partial charge < -0.3 is 15.2 Å². The molecule has 1 aromatic carbocycles. The molecule has 0 fully saturated rings. The number of ether oxygens (including phenoxy) is 1. The summed E-state index contributed by atoms with van der Waals surface area (Å²) in [4.78, 5) is 22.1. The normalized spacial score (nSPS) is 11.7. The number of methoxy groups -OCH3 is 1. The lowest BCUT2D eigenvalue weighted by Gasteiger charge is -2.08. The van der Waals surface area contributed by atoms with Crippen molar-refractivity contribution in [1.82, 2.24) is 5.32 Å². The van der Waals surface area contributed by atoms with Gasteiger partial charge in [0.1, 0.15) is 5.75 Å². The minimum absolute atomic E-state index is 0.142. The fourth-order valence-corrected chi connectivity index (χ4v) is 2.11. The Bertz CT molecular complexity index is 447. The summed E-state index contributed by atoms with van der Waals surface area (Å²) in [7, 11) is 1.62. The lowest BCUT2D eigenvalue weighted by molar-refractivity contribution is -0.136. The van der Waals surface area contributed by atoms with Gasteiger partial charge in [-0.15, -0.1) is 11.8 Å². The molecule has 0 heterocycles. The highest BCUT2D eigenvalue weighted by Gasteiger charge is 2.13. The molecule has 0 spiro atoms. The fourth-order valence-electron chi connectivity index (χ4n) is 1.46. The molecule has 110 valence electrons. The van der Waals surface area contributed by atoms with E-state index in [4.69, 9.17) is 9.84 Å². The number of rotatable bonds is 8. The van der Waals surface area contributed by atoms with Crippen LogP contribution in [0.4, 0.5) is 0 Å². The van der Waals surface area contributed by atoms with E-state index in [1.165, 1.54) is 0 Å². The average molecular weight is 297 g/mol. The first-order chi connectivity index (χ1) is 9.52. The van der Waals surface area contributed by atoms with E-state index in [-0.39, 0.29) is 11.7 Å². The van der Waals surface area contributed by atoms with Crippen molar-refractivity contribution in [2.24, 2.45) is 0 Å². The van der Waals surface area contributed by atoms with Crippen molar-refractivity contribution in [3.63, 3.8) is 0 Å². The van der Waals surface area contributed by atoms with Crippen LogP contribution in [0.2, 0.25) is 0 Å². The molecule has 2 N–H and O–H groups in total. The van der Waals surface area contributed by atoms with Crippen molar-refractivity contribution in [3.05, 3.63) is 29.8 Å². The second-order valence-electron chi connectivity index (χ2n) is 4.24. The number of carbonyl (C=O) groups is 2. The van der Waals surface area contributed by atoms with E-state index < -0.39 is 11.2 Å². The van der Waals surface area contributed by atoms with Gasteiger partial charge in [0, 0.05) is 6.54 Å². The smallest absolute Gasteiger partial charge is 0.316 e. The number of carbonyl (C=O) groups excluding carboxylic acids is 1. The summed E-state index contributed by atoms with van der Waals surface area (Å²) < 4.78 is 5.07. The summed E-state index contributed by atoms with van der Waals surface area (Å²) in [6, 6.07) is 7.65. The third kappa shape index (κ3) is 5.97. The monoisotopic (exact) mass is 297 g/mol. The van der Waals surface area contributed by atoms with Gasteiger partial charge in [-0.1, -0.05) is 12.1 Å². The highest BCUT2D eigenvalue weighted by Crippen LogP contribution is 2.11. The van der Waals surface area contributed by atoms with Gasteiger partial charge in [-0.3, -0.25) is 9.59 Å². The first-order valence-corrected chi connectivity index (χ1v) is 7.32. The summed E-state index contributed by atoms with van der Waals surface area (Å²) >= 11 is 1.12. The van der Waals surface area contributed by atoms with Crippen LogP contribution in [-0.2, 0) is 16.0 Å². The van der Waals surface area contributed by atoms with E-state index in [9.17, 15) is 9.59 Å². The number of hydrogen-bond acceptors (Lipinski definition) is 4. The summed E-state index contributed by atoms with van der Waals surface area (Å²) in [5.41, 5.74) is 1.11. The molecule has 0 saturated carbocycles. The Morgan fingerprint density at radius 1 is 1.35 bits per heavy atom. The van der Waals surface area contributed by atoms with Crippen LogP contribution in [0.25, 0.3) is 0 Å². The number of hydrogen-bond donors (Lipinski definition) is 2. The molecule has 0 aliphatic rings.